The van der Waals surface area contributed by atoms with Crippen molar-refractivity contribution in [1.82, 2.24) is 4.90 Å². The largest absolute Gasteiger partial charge is 0.461 e. The van der Waals surface area contributed by atoms with Crippen molar-refractivity contribution in [3.8, 4) is 0 Å². The Balaban J connectivity index is 1.78. The number of benzene rings is 1. The minimum atomic E-state index is -1.15. The molecule has 0 saturated carbocycles. The van der Waals surface area contributed by atoms with E-state index in [1.54, 1.807) is 40.1 Å². The second kappa shape index (κ2) is 11.0. The number of esters is 1. The van der Waals surface area contributed by atoms with Gasteiger partial charge in [0.05, 0.1) is 11.5 Å². The number of amides is 2. The maximum absolute atomic E-state index is 14.4. The molecule has 4 rings (SSSR count). The Kier molecular flexibility index (Phi) is 8.11. The minimum Gasteiger partial charge on any atom is -0.461 e. The first-order valence-electron chi connectivity index (χ1n) is 12.9. The fraction of sp³-hybridized carbons (Fsp3) is 0.536. The fourth-order valence-corrected chi connectivity index (χ4v) is 6.57. The van der Waals surface area contributed by atoms with Crippen molar-refractivity contribution < 1.29 is 29.0 Å². The molecule has 200 valence electrons. The van der Waals surface area contributed by atoms with Gasteiger partial charge in [-0.15, -0.1) is 6.58 Å². The lowest BCUT2D eigenvalue weighted by Gasteiger charge is -2.37. The second-order valence-electron chi connectivity index (χ2n) is 9.93. The monoisotopic (exact) mass is 530 g/mol. The molecule has 1 spiro atoms. The van der Waals surface area contributed by atoms with Gasteiger partial charge in [0.2, 0.25) is 5.91 Å². The standard InChI is InChI=1S/C28H35ClN2O6/c1-4-15-30(20-11-9-19(29)10-12-20)25(34)23-28-14-13-27(6-3,37-28)22(26(35)36-18-5-2)21(28)24(33)31(23)16-7-8-17-32/h4-5,9-12,21-23,32H,1-2,6-8,13-18H2,3H3/t21-,22+,23?,27-,28?/m0/s1. The highest BCUT2D eigenvalue weighted by atomic mass is 35.5. The van der Waals surface area contributed by atoms with E-state index in [9.17, 15) is 19.5 Å². The summed E-state index contributed by atoms with van der Waals surface area (Å²) in [5, 5.41) is 9.88. The summed E-state index contributed by atoms with van der Waals surface area (Å²) in [6.07, 6.45) is 5.68. The lowest BCUT2D eigenvalue weighted by molar-refractivity contribution is -0.159. The van der Waals surface area contributed by atoms with Crippen LogP contribution in [0.3, 0.4) is 0 Å². The number of anilines is 1. The number of halogens is 1. The molecule has 37 heavy (non-hydrogen) atoms. The van der Waals surface area contributed by atoms with Crippen LogP contribution in [0.15, 0.2) is 49.6 Å². The Morgan fingerprint density at radius 3 is 2.59 bits per heavy atom. The summed E-state index contributed by atoms with van der Waals surface area (Å²) >= 11 is 6.08. The number of hydrogen-bond acceptors (Lipinski definition) is 6. The summed E-state index contributed by atoms with van der Waals surface area (Å²) < 4.78 is 12.2. The molecule has 1 aromatic carbocycles. The molecule has 3 heterocycles. The molecule has 0 radical (unpaired) electrons. The number of carbonyl (C=O) groups excluding carboxylic acids is 3. The normalized spacial score (nSPS) is 29.8. The predicted molar refractivity (Wildman–Crippen MR) is 140 cm³/mol. The Morgan fingerprint density at radius 1 is 1.24 bits per heavy atom. The lowest BCUT2D eigenvalue weighted by Crippen LogP contribution is -2.56. The quantitative estimate of drug-likeness (QED) is 0.252. The van der Waals surface area contributed by atoms with Crippen LogP contribution < -0.4 is 4.90 Å². The summed E-state index contributed by atoms with van der Waals surface area (Å²) in [6, 6.07) is 5.99. The van der Waals surface area contributed by atoms with Crippen molar-refractivity contribution >= 4 is 35.1 Å². The maximum atomic E-state index is 14.4. The highest BCUT2D eigenvalue weighted by molar-refractivity contribution is 6.30. The summed E-state index contributed by atoms with van der Waals surface area (Å²) in [6.45, 7) is 9.88. The van der Waals surface area contributed by atoms with Crippen LogP contribution in [0, 0.1) is 11.8 Å². The molecule has 1 N–H and O–H groups in total. The van der Waals surface area contributed by atoms with Crippen LogP contribution in [0.5, 0.6) is 0 Å². The van der Waals surface area contributed by atoms with Crippen molar-refractivity contribution in [1.29, 1.82) is 0 Å². The number of ether oxygens (including phenoxy) is 2. The van der Waals surface area contributed by atoms with E-state index in [0.29, 0.717) is 42.8 Å². The SMILES string of the molecule is C=CCOC(=O)[C@H]1[C@H]2C(=O)N(CCCCO)C(C(=O)N(CC=C)c3ccc(Cl)cc3)C23CC[C@]1(CC)O3. The molecule has 3 aliphatic rings. The van der Waals surface area contributed by atoms with E-state index >= 15 is 0 Å². The molecule has 1 aromatic rings. The first-order chi connectivity index (χ1) is 17.8. The van der Waals surface area contributed by atoms with Gasteiger partial charge < -0.3 is 24.4 Å². The zero-order valence-corrected chi connectivity index (χ0v) is 22.0. The zero-order valence-electron chi connectivity index (χ0n) is 21.2. The van der Waals surface area contributed by atoms with Crippen LogP contribution in [0.4, 0.5) is 5.69 Å². The van der Waals surface area contributed by atoms with Crippen LogP contribution >= 0.6 is 11.6 Å². The smallest absolute Gasteiger partial charge is 0.313 e. The third kappa shape index (κ3) is 4.49. The van der Waals surface area contributed by atoms with Gasteiger partial charge in [-0.1, -0.05) is 37.3 Å². The van der Waals surface area contributed by atoms with Crippen molar-refractivity contribution in [3.63, 3.8) is 0 Å². The average Bonchev–Trinajstić information content (AvgIpc) is 3.50. The molecule has 3 aliphatic heterocycles. The van der Waals surface area contributed by atoms with Crippen LogP contribution in [-0.2, 0) is 23.9 Å². The van der Waals surface area contributed by atoms with Crippen molar-refractivity contribution in [2.75, 3.05) is 31.2 Å². The number of hydrogen-bond donors (Lipinski definition) is 1. The zero-order chi connectivity index (χ0) is 26.8. The lowest BCUT2D eigenvalue weighted by atomic mass is 9.65. The molecule has 3 saturated heterocycles. The molecular formula is C28H35ClN2O6. The first-order valence-corrected chi connectivity index (χ1v) is 13.2. The van der Waals surface area contributed by atoms with E-state index in [1.807, 2.05) is 6.92 Å². The van der Waals surface area contributed by atoms with Gasteiger partial charge in [0.25, 0.3) is 5.91 Å². The van der Waals surface area contributed by atoms with Crippen LogP contribution in [0.2, 0.25) is 5.02 Å². The van der Waals surface area contributed by atoms with Crippen molar-refractivity contribution in [2.45, 2.75) is 56.3 Å². The molecule has 5 atom stereocenters. The topological polar surface area (TPSA) is 96.4 Å². The van der Waals surface area contributed by atoms with Gasteiger partial charge in [-0.25, -0.2) is 0 Å². The average molecular weight is 531 g/mol. The van der Waals surface area contributed by atoms with Gasteiger partial charge in [-0.05, 0) is 56.4 Å². The third-order valence-corrected chi connectivity index (χ3v) is 8.29. The van der Waals surface area contributed by atoms with E-state index in [2.05, 4.69) is 13.2 Å². The van der Waals surface area contributed by atoms with Crippen molar-refractivity contribution in [2.24, 2.45) is 11.8 Å². The number of rotatable bonds is 12. The molecule has 0 aromatic heterocycles. The van der Waals surface area contributed by atoms with Gasteiger partial charge in [0, 0.05) is 30.4 Å². The Labute approximate surface area is 222 Å². The number of carbonyl (C=O) groups is 3. The predicted octanol–water partition coefficient (Wildman–Crippen LogP) is 3.52. The molecule has 9 heteroatoms. The Morgan fingerprint density at radius 2 is 1.97 bits per heavy atom. The van der Waals surface area contributed by atoms with Gasteiger partial charge in [-0.2, -0.15) is 0 Å². The first kappa shape index (κ1) is 27.4. The number of nitrogens with zero attached hydrogens (tertiary/aromatic N) is 2. The number of likely N-dealkylation sites (tertiary alicyclic amines) is 1. The molecular weight excluding hydrogens is 496 g/mol. The Bertz CT molecular complexity index is 1060. The molecule has 8 nitrogen and oxygen atoms in total. The van der Waals surface area contributed by atoms with Gasteiger partial charge in [0.1, 0.15) is 24.2 Å². The second-order valence-corrected chi connectivity index (χ2v) is 10.4. The van der Waals surface area contributed by atoms with Gasteiger partial charge in [0.15, 0.2) is 0 Å². The molecule has 3 fully saturated rings. The number of aliphatic hydroxyl groups is 1. The highest BCUT2D eigenvalue weighted by Gasteiger charge is 2.79. The van der Waals surface area contributed by atoms with Crippen molar-refractivity contribution in [3.05, 3.63) is 54.6 Å². The van der Waals surface area contributed by atoms with Gasteiger partial charge in [-0.3, -0.25) is 14.4 Å². The highest BCUT2D eigenvalue weighted by Crippen LogP contribution is 2.64. The molecule has 0 aliphatic carbocycles. The minimum absolute atomic E-state index is 0.0193. The number of unbranched alkanes of at least 4 members (excludes halogenated alkanes) is 1. The fourth-order valence-electron chi connectivity index (χ4n) is 6.44. The maximum Gasteiger partial charge on any atom is 0.313 e. The van der Waals surface area contributed by atoms with E-state index in [0.717, 1.165) is 0 Å². The van der Waals surface area contributed by atoms with Gasteiger partial charge >= 0.3 is 5.97 Å². The van der Waals surface area contributed by atoms with Crippen LogP contribution in [0.1, 0.15) is 39.0 Å². The molecule has 2 bridgehead atoms. The van der Waals surface area contributed by atoms with E-state index < -0.39 is 35.0 Å². The number of fused-ring (bicyclic) bond motifs is 1. The van der Waals surface area contributed by atoms with E-state index in [1.165, 1.54) is 6.08 Å². The molecule has 2 unspecified atom stereocenters. The summed E-state index contributed by atoms with van der Waals surface area (Å²) in [5.41, 5.74) is -1.39. The number of aliphatic hydroxyl groups excluding tert-OH is 1. The van der Waals surface area contributed by atoms with E-state index in [-0.39, 0.29) is 38.1 Å². The van der Waals surface area contributed by atoms with Crippen LogP contribution in [-0.4, -0.2) is 71.3 Å². The third-order valence-electron chi connectivity index (χ3n) is 8.04. The Hall–Kier alpha value is -2.68. The van der Waals surface area contributed by atoms with E-state index in [4.69, 9.17) is 21.1 Å². The van der Waals surface area contributed by atoms with Crippen LogP contribution in [0.25, 0.3) is 0 Å². The summed E-state index contributed by atoms with van der Waals surface area (Å²) in [5.74, 6) is -2.70. The summed E-state index contributed by atoms with van der Waals surface area (Å²) in [7, 11) is 0. The molecule has 2 amide bonds. The summed E-state index contributed by atoms with van der Waals surface area (Å²) in [4.78, 5) is 44.8.